The third kappa shape index (κ3) is 3.34. The van der Waals surface area contributed by atoms with Gasteiger partial charge in [-0.15, -0.1) is 0 Å². The van der Waals surface area contributed by atoms with Gasteiger partial charge >= 0.3 is 6.18 Å². The molecule has 0 unspecified atom stereocenters. The molecule has 0 saturated carbocycles. The normalized spacial score (nSPS) is 12.4. The van der Waals surface area contributed by atoms with Gasteiger partial charge in [-0.05, 0) is 17.7 Å². The van der Waals surface area contributed by atoms with E-state index in [1.165, 1.54) is 6.07 Å². The van der Waals surface area contributed by atoms with E-state index in [4.69, 9.17) is 5.21 Å². The van der Waals surface area contributed by atoms with Crippen LogP contribution in [0.4, 0.5) is 13.2 Å². The summed E-state index contributed by atoms with van der Waals surface area (Å²) < 4.78 is 37.2. The number of benzene rings is 1. The Balaban J connectivity index is 2.17. The van der Waals surface area contributed by atoms with Gasteiger partial charge in [0.1, 0.15) is 0 Å². The monoisotopic (exact) mass is 280 g/mol. The first kappa shape index (κ1) is 14.0. The van der Waals surface area contributed by atoms with Crippen molar-refractivity contribution in [1.82, 2.24) is 4.98 Å². The molecule has 2 rings (SSSR count). The molecule has 1 heterocycles. The summed E-state index contributed by atoms with van der Waals surface area (Å²) in [5, 5.41) is 12.2. The van der Waals surface area contributed by atoms with Crippen molar-refractivity contribution in [2.45, 2.75) is 12.6 Å². The van der Waals surface area contributed by atoms with Gasteiger partial charge in [0, 0.05) is 18.3 Å². The van der Waals surface area contributed by atoms with Gasteiger partial charge < -0.3 is 5.21 Å². The summed E-state index contributed by atoms with van der Waals surface area (Å²) >= 11 is 0. The number of hydrogen-bond acceptors (Lipinski definition) is 3. The SMILES string of the molecule is O/N=C(/Cc1ccc(C(F)(F)F)cn1)c1ccccc1. The Kier molecular flexibility index (Phi) is 4.02. The third-order valence-electron chi connectivity index (χ3n) is 2.73. The molecule has 0 fully saturated rings. The van der Waals surface area contributed by atoms with Gasteiger partial charge in [-0.25, -0.2) is 0 Å². The lowest BCUT2D eigenvalue weighted by Crippen LogP contribution is -2.09. The average molecular weight is 280 g/mol. The zero-order valence-corrected chi connectivity index (χ0v) is 10.3. The van der Waals surface area contributed by atoms with Crippen molar-refractivity contribution in [3.63, 3.8) is 0 Å². The van der Waals surface area contributed by atoms with Crippen LogP contribution in [-0.4, -0.2) is 15.9 Å². The van der Waals surface area contributed by atoms with Crippen LogP contribution in [0.15, 0.2) is 53.8 Å². The van der Waals surface area contributed by atoms with Crippen molar-refractivity contribution in [2.24, 2.45) is 5.16 Å². The van der Waals surface area contributed by atoms with Gasteiger partial charge in [-0.3, -0.25) is 4.98 Å². The fourth-order valence-corrected chi connectivity index (χ4v) is 1.69. The molecule has 0 aliphatic rings. The summed E-state index contributed by atoms with van der Waals surface area (Å²) in [6, 6.07) is 11.1. The van der Waals surface area contributed by atoms with Crippen LogP contribution < -0.4 is 0 Å². The molecule has 1 aromatic carbocycles. The van der Waals surface area contributed by atoms with Gasteiger partial charge in [-0.1, -0.05) is 35.5 Å². The Morgan fingerprint density at radius 3 is 2.30 bits per heavy atom. The minimum atomic E-state index is -4.40. The fraction of sp³-hybridized carbons (Fsp3) is 0.143. The Bertz CT molecular complexity index is 592. The molecule has 1 N–H and O–H groups in total. The van der Waals surface area contributed by atoms with E-state index in [1.54, 1.807) is 24.3 Å². The number of pyridine rings is 1. The van der Waals surface area contributed by atoms with Crippen LogP contribution in [0.2, 0.25) is 0 Å². The summed E-state index contributed by atoms with van der Waals surface area (Å²) in [6.45, 7) is 0. The highest BCUT2D eigenvalue weighted by Gasteiger charge is 2.30. The topological polar surface area (TPSA) is 45.5 Å². The van der Waals surface area contributed by atoms with Crippen LogP contribution in [0.25, 0.3) is 0 Å². The highest BCUT2D eigenvalue weighted by Crippen LogP contribution is 2.28. The first-order chi connectivity index (χ1) is 9.50. The molecule has 0 amide bonds. The number of hydrogen-bond donors (Lipinski definition) is 1. The fourth-order valence-electron chi connectivity index (χ4n) is 1.69. The van der Waals surface area contributed by atoms with Crippen molar-refractivity contribution >= 4 is 5.71 Å². The minimum absolute atomic E-state index is 0.151. The predicted octanol–water partition coefficient (Wildman–Crippen LogP) is 3.52. The van der Waals surface area contributed by atoms with Gasteiger partial charge in [0.25, 0.3) is 0 Å². The van der Waals surface area contributed by atoms with E-state index >= 15 is 0 Å². The van der Waals surface area contributed by atoms with Crippen LogP contribution in [0.3, 0.4) is 0 Å². The second kappa shape index (κ2) is 5.73. The number of halogens is 3. The maximum atomic E-state index is 12.4. The zero-order valence-electron chi connectivity index (χ0n) is 10.3. The van der Waals surface area contributed by atoms with E-state index in [1.807, 2.05) is 6.07 Å². The molecule has 20 heavy (non-hydrogen) atoms. The molecule has 2 aromatic rings. The summed E-state index contributed by atoms with van der Waals surface area (Å²) in [7, 11) is 0. The quantitative estimate of drug-likeness (QED) is 0.531. The Morgan fingerprint density at radius 1 is 1.10 bits per heavy atom. The lowest BCUT2D eigenvalue weighted by molar-refractivity contribution is -0.137. The Labute approximate surface area is 113 Å². The molecule has 1 aromatic heterocycles. The number of rotatable bonds is 3. The molecule has 6 heteroatoms. The summed E-state index contributed by atoms with van der Waals surface area (Å²) in [5.41, 5.74) is 0.632. The molecule has 104 valence electrons. The first-order valence-electron chi connectivity index (χ1n) is 5.79. The van der Waals surface area contributed by atoms with E-state index in [-0.39, 0.29) is 6.42 Å². The second-order valence-electron chi connectivity index (χ2n) is 4.13. The van der Waals surface area contributed by atoms with Crippen LogP contribution >= 0.6 is 0 Å². The van der Waals surface area contributed by atoms with Gasteiger partial charge in [0.2, 0.25) is 0 Å². The maximum absolute atomic E-state index is 12.4. The summed E-state index contributed by atoms with van der Waals surface area (Å²) in [4.78, 5) is 3.75. The number of oxime groups is 1. The van der Waals surface area contributed by atoms with Crippen LogP contribution in [0, 0.1) is 0 Å². The minimum Gasteiger partial charge on any atom is -0.411 e. The smallest absolute Gasteiger partial charge is 0.411 e. The first-order valence-corrected chi connectivity index (χ1v) is 5.79. The number of alkyl halides is 3. The van der Waals surface area contributed by atoms with Gasteiger partial charge in [0.05, 0.1) is 11.3 Å². The lowest BCUT2D eigenvalue weighted by atomic mass is 10.1. The van der Waals surface area contributed by atoms with Gasteiger partial charge in [-0.2, -0.15) is 13.2 Å². The van der Waals surface area contributed by atoms with Gasteiger partial charge in [0.15, 0.2) is 0 Å². The predicted molar refractivity (Wildman–Crippen MR) is 67.7 cm³/mol. The second-order valence-corrected chi connectivity index (χ2v) is 4.13. The zero-order chi connectivity index (χ0) is 14.6. The van der Waals surface area contributed by atoms with Crippen molar-refractivity contribution in [2.75, 3.05) is 0 Å². The Morgan fingerprint density at radius 2 is 1.80 bits per heavy atom. The summed E-state index contributed by atoms with van der Waals surface area (Å²) in [5.74, 6) is 0. The van der Waals surface area contributed by atoms with E-state index in [2.05, 4.69) is 10.1 Å². The standard InChI is InChI=1S/C14H11F3N2O/c15-14(16,17)11-6-7-12(18-9-11)8-13(19-20)10-4-2-1-3-5-10/h1-7,9,20H,8H2/b19-13-. The molecular formula is C14H11F3N2O. The van der Waals surface area contributed by atoms with E-state index in [0.717, 1.165) is 12.3 Å². The molecule has 0 saturated heterocycles. The highest BCUT2D eigenvalue weighted by molar-refractivity contribution is 6.01. The van der Waals surface area contributed by atoms with Crippen molar-refractivity contribution in [3.8, 4) is 0 Å². The molecular weight excluding hydrogens is 269 g/mol. The van der Waals surface area contributed by atoms with Crippen LogP contribution in [0.5, 0.6) is 0 Å². The molecule has 0 bridgehead atoms. The molecule has 3 nitrogen and oxygen atoms in total. The number of nitrogens with zero attached hydrogens (tertiary/aromatic N) is 2. The molecule has 0 atom stereocenters. The molecule has 0 aliphatic heterocycles. The van der Waals surface area contributed by atoms with E-state index in [9.17, 15) is 13.2 Å². The van der Waals surface area contributed by atoms with E-state index in [0.29, 0.717) is 17.0 Å². The highest BCUT2D eigenvalue weighted by atomic mass is 19.4. The maximum Gasteiger partial charge on any atom is 0.417 e. The molecule has 0 aliphatic carbocycles. The van der Waals surface area contributed by atoms with Crippen LogP contribution in [-0.2, 0) is 12.6 Å². The third-order valence-corrected chi connectivity index (χ3v) is 2.73. The Hall–Kier alpha value is -2.37. The molecule has 0 spiro atoms. The van der Waals surface area contributed by atoms with Crippen molar-refractivity contribution in [3.05, 3.63) is 65.5 Å². The van der Waals surface area contributed by atoms with Crippen LogP contribution in [0.1, 0.15) is 16.8 Å². The van der Waals surface area contributed by atoms with E-state index < -0.39 is 11.7 Å². The largest absolute Gasteiger partial charge is 0.417 e. The van der Waals surface area contributed by atoms with Crippen molar-refractivity contribution < 1.29 is 18.4 Å². The molecule has 0 radical (unpaired) electrons. The van der Waals surface area contributed by atoms with Crippen molar-refractivity contribution in [1.29, 1.82) is 0 Å². The number of aromatic nitrogens is 1. The summed E-state index contributed by atoms with van der Waals surface area (Å²) in [6.07, 6.45) is -3.48. The lowest BCUT2D eigenvalue weighted by Gasteiger charge is -2.07. The average Bonchev–Trinajstić information content (AvgIpc) is 2.45.